The summed E-state index contributed by atoms with van der Waals surface area (Å²) in [5.74, 6) is 1.72. The SMILES string of the molecule is COc1ccc(N2CC(C(=O)NCc3cc(-c4ccc(OC)c(OC)c4)on3)CC2=O)cc1. The van der Waals surface area contributed by atoms with Gasteiger partial charge in [-0.1, -0.05) is 5.16 Å². The maximum atomic E-state index is 12.7. The van der Waals surface area contributed by atoms with E-state index in [0.717, 1.165) is 11.3 Å². The van der Waals surface area contributed by atoms with Gasteiger partial charge in [-0.3, -0.25) is 9.59 Å². The van der Waals surface area contributed by atoms with Crippen LogP contribution >= 0.6 is 0 Å². The number of carbonyl (C=O) groups is 2. The molecule has 0 aliphatic carbocycles. The second-order valence-corrected chi connectivity index (χ2v) is 7.57. The molecule has 33 heavy (non-hydrogen) atoms. The van der Waals surface area contributed by atoms with Crippen molar-refractivity contribution in [3.63, 3.8) is 0 Å². The second-order valence-electron chi connectivity index (χ2n) is 7.57. The van der Waals surface area contributed by atoms with Crippen LogP contribution in [0.4, 0.5) is 5.69 Å². The Kier molecular flexibility index (Phi) is 6.48. The molecule has 2 aromatic carbocycles. The Morgan fingerprint density at radius 2 is 1.82 bits per heavy atom. The largest absolute Gasteiger partial charge is 0.497 e. The summed E-state index contributed by atoms with van der Waals surface area (Å²) in [5, 5.41) is 6.88. The maximum absolute atomic E-state index is 12.7. The summed E-state index contributed by atoms with van der Waals surface area (Å²) in [7, 11) is 4.72. The highest BCUT2D eigenvalue weighted by Crippen LogP contribution is 2.32. The molecule has 1 aromatic heterocycles. The number of ether oxygens (including phenoxy) is 3. The van der Waals surface area contributed by atoms with Gasteiger partial charge in [0.15, 0.2) is 17.3 Å². The van der Waals surface area contributed by atoms with E-state index in [4.69, 9.17) is 18.7 Å². The first-order valence-electron chi connectivity index (χ1n) is 10.4. The van der Waals surface area contributed by atoms with Gasteiger partial charge in [-0.25, -0.2) is 0 Å². The second kappa shape index (κ2) is 9.64. The molecule has 1 fully saturated rings. The third-order valence-corrected chi connectivity index (χ3v) is 5.55. The molecule has 4 rings (SSSR count). The fraction of sp³-hybridized carbons (Fsp3) is 0.292. The number of anilines is 1. The summed E-state index contributed by atoms with van der Waals surface area (Å²) >= 11 is 0. The average molecular weight is 451 g/mol. The number of amides is 2. The molecule has 3 aromatic rings. The highest BCUT2D eigenvalue weighted by atomic mass is 16.5. The molecule has 0 spiro atoms. The summed E-state index contributed by atoms with van der Waals surface area (Å²) in [6, 6.07) is 14.4. The van der Waals surface area contributed by atoms with Crippen molar-refractivity contribution in [1.82, 2.24) is 10.5 Å². The number of carbonyl (C=O) groups excluding carboxylic acids is 2. The van der Waals surface area contributed by atoms with E-state index in [9.17, 15) is 9.59 Å². The third-order valence-electron chi connectivity index (χ3n) is 5.55. The lowest BCUT2D eigenvalue weighted by Gasteiger charge is -2.17. The molecular formula is C24H25N3O6. The fourth-order valence-corrected chi connectivity index (χ4v) is 3.74. The normalized spacial score (nSPS) is 15.4. The van der Waals surface area contributed by atoms with Gasteiger partial charge in [0.25, 0.3) is 0 Å². The van der Waals surface area contributed by atoms with E-state index >= 15 is 0 Å². The Balaban J connectivity index is 1.36. The van der Waals surface area contributed by atoms with E-state index in [1.54, 1.807) is 56.6 Å². The Morgan fingerprint density at radius 1 is 1.06 bits per heavy atom. The first kappa shape index (κ1) is 22.2. The molecule has 1 unspecified atom stereocenters. The highest BCUT2D eigenvalue weighted by Gasteiger charge is 2.35. The van der Waals surface area contributed by atoms with Crippen molar-refractivity contribution in [2.24, 2.45) is 5.92 Å². The Hall–Kier alpha value is -4.01. The van der Waals surface area contributed by atoms with Crippen LogP contribution in [0.1, 0.15) is 12.1 Å². The van der Waals surface area contributed by atoms with Gasteiger partial charge in [-0.05, 0) is 42.5 Å². The molecule has 9 heteroatoms. The molecular weight excluding hydrogens is 426 g/mol. The zero-order chi connectivity index (χ0) is 23.4. The van der Waals surface area contributed by atoms with Crippen LogP contribution in [0.25, 0.3) is 11.3 Å². The van der Waals surface area contributed by atoms with Gasteiger partial charge < -0.3 is 29.0 Å². The number of nitrogens with one attached hydrogen (secondary N) is 1. The molecule has 2 heterocycles. The molecule has 1 N–H and O–H groups in total. The van der Waals surface area contributed by atoms with E-state index in [1.165, 1.54) is 0 Å². The van der Waals surface area contributed by atoms with Gasteiger partial charge in [0.1, 0.15) is 11.4 Å². The number of nitrogens with zero attached hydrogens (tertiary/aromatic N) is 2. The molecule has 1 aliphatic rings. The summed E-state index contributed by atoms with van der Waals surface area (Å²) in [5.41, 5.74) is 2.09. The van der Waals surface area contributed by atoms with E-state index < -0.39 is 5.92 Å². The number of hydrogen-bond donors (Lipinski definition) is 1. The first-order valence-corrected chi connectivity index (χ1v) is 10.4. The summed E-state index contributed by atoms with van der Waals surface area (Å²) < 4.78 is 21.1. The smallest absolute Gasteiger partial charge is 0.227 e. The van der Waals surface area contributed by atoms with Gasteiger partial charge >= 0.3 is 0 Å². The minimum Gasteiger partial charge on any atom is -0.497 e. The van der Waals surface area contributed by atoms with Crippen LogP contribution in [0.15, 0.2) is 53.1 Å². The number of rotatable bonds is 8. The zero-order valence-electron chi connectivity index (χ0n) is 18.7. The molecule has 9 nitrogen and oxygen atoms in total. The quantitative estimate of drug-likeness (QED) is 0.561. The summed E-state index contributed by atoms with van der Waals surface area (Å²) in [6.45, 7) is 0.523. The summed E-state index contributed by atoms with van der Waals surface area (Å²) in [6.07, 6.45) is 0.160. The molecule has 1 saturated heterocycles. The van der Waals surface area contributed by atoms with Crippen molar-refractivity contribution in [2.45, 2.75) is 13.0 Å². The maximum Gasteiger partial charge on any atom is 0.227 e. The Labute approximate surface area is 191 Å². The predicted molar refractivity (Wildman–Crippen MR) is 120 cm³/mol. The van der Waals surface area contributed by atoms with Crippen molar-refractivity contribution < 1.29 is 28.3 Å². The predicted octanol–water partition coefficient (Wildman–Crippen LogP) is 3.04. The molecule has 1 aliphatic heterocycles. The number of aromatic nitrogens is 1. The van der Waals surface area contributed by atoms with Crippen molar-refractivity contribution >= 4 is 17.5 Å². The number of methoxy groups -OCH3 is 3. The van der Waals surface area contributed by atoms with Gasteiger partial charge in [0.2, 0.25) is 11.8 Å². The van der Waals surface area contributed by atoms with E-state index in [1.807, 2.05) is 18.2 Å². The van der Waals surface area contributed by atoms with Crippen LogP contribution < -0.4 is 24.4 Å². The van der Waals surface area contributed by atoms with E-state index in [0.29, 0.717) is 35.2 Å². The number of hydrogen-bond acceptors (Lipinski definition) is 7. The van der Waals surface area contributed by atoms with Crippen LogP contribution in [0.5, 0.6) is 17.2 Å². The van der Waals surface area contributed by atoms with E-state index in [-0.39, 0.29) is 24.8 Å². The van der Waals surface area contributed by atoms with Crippen molar-refractivity contribution in [2.75, 3.05) is 32.8 Å². The molecule has 172 valence electrons. The third kappa shape index (κ3) is 4.77. The van der Waals surface area contributed by atoms with Crippen molar-refractivity contribution in [1.29, 1.82) is 0 Å². The summed E-state index contributed by atoms with van der Waals surface area (Å²) in [4.78, 5) is 26.7. The van der Waals surface area contributed by atoms with Crippen LogP contribution in [0, 0.1) is 5.92 Å². The average Bonchev–Trinajstić information content (AvgIpc) is 3.49. The van der Waals surface area contributed by atoms with Crippen molar-refractivity contribution in [3.8, 4) is 28.6 Å². The topological polar surface area (TPSA) is 103 Å². The van der Waals surface area contributed by atoms with Gasteiger partial charge in [-0.15, -0.1) is 0 Å². The lowest BCUT2D eigenvalue weighted by Crippen LogP contribution is -2.32. The fourth-order valence-electron chi connectivity index (χ4n) is 3.74. The van der Waals surface area contributed by atoms with Crippen LogP contribution in [0.2, 0.25) is 0 Å². The monoisotopic (exact) mass is 451 g/mol. The highest BCUT2D eigenvalue weighted by molar-refractivity contribution is 6.00. The molecule has 2 amide bonds. The standard InChI is InChI=1S/C24H25N3O6/c1-30-19-7-5-18(6-8-19)27-14-16(11-23(27)28)24(29)25-13-17-12-21(33-26-17)15-4-9-20(31-2)22(10-15)32-3/h4-10,12,16H,11,13-14H2,1-3H3,(H,25,29). The van der Waals surface area contributed by atoms with Crippen LogP contribution in [-0.2, 0) is 16.1 Å². The van der Waals surface area contributed by atoms with Crippen molar-refractivity contribution in [3.05, 3.63) is 54.2 Å². The molecule has 0 bridgehead atoms. The van der Waals surface area contributed by atoms with Crippen LogP contribution in [0.3, 0.4) is 0 Å². The number of benzene rings is 2. The Bertz CT molecular complexity index is 1140. The molecule has 0 saturated carbocycles. The van der Waals surface area contributed by atoms with E-state index in [2.05, 4.69) is 10.5 Å². The van der Waals surface area contributed by atoms with Gasteiger partial charge in [0, 0.05) is 30.3 Å². The first-order chi connectivity index (χ1) is 16.0. The zero-order valence-corrected chi connectivity index (χ0v) is 18.7. The Morgan fingerprint density at radius 3 is 2.52 bits per heavy atom. The van der Waals surface area contributed by atoms with Gasteiger partial charge in [0.05, 0.1) is 33.8 Å². The van der Waals surface area contributed by atoms with Crippen LogP contribution in [-0.4, -0.2) is 44.8 Å². The molecule has 0 radical (unpaired) electrons. The minimum absolute atomic E-state index is 0.0857. The molecule has 1 atom stereocenters. The lowest BCUT2D eigenvalue weighted by molar-refractivity contribution is -0.126. The minimum atomic E-state index is -0.433. The lowest BCUT2D eigenvalue weighted by atomic mass is 10.1. The van der Waals surface area contributed by atoms with Gasteiger partial charge in [-0.2, -0.15) is 0 Å².